The maximum atomic E-state index is 12.1. The van der Waals surface area contributed by atoms with Gasteiger partial charge in [0.05, 0.1) is 0 Å². The second-order valence-electron chi connectivity index (χ2n) is 5.36. The molecular formula is C16H21N3O2. The van der Waals surface area contributed by atoms with E-state index in [1.807, 2.05) is 45.9 Å². The third-order valence-corrected chi connectivity index (χ3v) is 3.80. The van der Waals surface area contributed by atoms with Crippen molar-refractivity contribution in [3.05, 3.63) is 51.2 Å². The Morgan fingerprint density at radius 2 is 1.81 bits per heavy atom. The van der Waals surface area contributed by atoms with Crippen LogP contribution in [0.1, 0.15) is 28.9 Å². The van der Waals surface area contributed by atoms with E-state index < -0.39 is 0 Å². The molecule has 0 atom stereocenters. The van der Waals surface area contributed by atoms with Crippen LogP contribution in [-0.2, 0) is 11.3 Å². The highest BCUT2D eigenvalue weighted by Crippen LogP contribution is 2.19. The minimum absolute atomic E-state index is 0.0856. The smallest absolute Gasteiger partial charge is 0.325 e. The molecule has 0 radical (unpaired) electrons. The van der Waals surface area contributed by atoms with Crippen molar-refractivity contribution in [2.45, 2.75) is 40.7 Å². The minimum atomic E-state index is -0.162. The number of aromatic nitrogens is 2. The highest BCUT2D eigenvalue weighted by atomic mass is 16.2. The van der Waals surface area contributed by atoms with Crippen molar-refractivity contribution in [3.8, 4) is 0 Å². The Hall–Kier alpha value is -2.30. The number of hydrogen-bond donors (Lipinski definition) is 2. The first-order valence-electron chi connectivity index (χ1n) is 7.02. The zero-order valence-electron chi connectivity index (χ0n) is 12.9. The van der Waals surface area contributed by atoms with Gasteiger partial charge in [0, 0.05) is 30.0 Å². The summed E-state index contributed by atoms with van der Waals surface area (Å²) < 4.78 is 1.60. The van der Waals surface area contributed by atoms with E-state index in [4.69, 9.17) is 0 Å². The molecule has 21 heavy (non-hydrogen) atoms. The number of imidazole rings is 1. The molecule has 0 aliphatic carbocycles. The minimum Gasteiger partial charge on any atom is -0.326 e. The molecule has 0 unspecified atom stereocenters. The van der Waals surface area contributed by atoms with Crippen molar-refractivity contribution in [2.24, 2.45) is 0 Å². The molecule has 0 saturated carbocycles. The SMILES string of the molecule is Cc1cccc(C)c1NC(=O)CCn1c(C)c(C)[nH]c1=O. The third-order valence-electron chi connectivity index (χ3n) is 3.80. The number of rotatable bonds is 4. The number of carbonyl (C=O) groups is 1. The van der Waals surface area contributed by atoms with E-state index in [0.717, 1.165) is 28.2 Å². The number of anilines is 1. The second kappa shape index (κ2) is 5.99. The molecule has 2 N–H and O–H groups in total. The van der Waals surface area contributed by atoms with Crippen LogP contribution < -0.4 is 11.0 Å². The number of amides is 1. The molecule has 1 aromatic heterocycles. The first-order valence-corrected chi connectivity index (χ1v) is 7.02. The standard InChI is InChI=1S/C16H21N3O2/c1-10-6-5-7-11(2)15(10)18-14(20)8-9-19-13(4)12(3)17-16(19)21/h5-7H,8-9H2,1-4H3,(H,17,21)(H,18,20). The maximum Gasteiger partial charge on any atom is 0.325 e. The lowest BCUT2D eigenvalue weighted by Gasteiger charge is -2.11. The Labute approximate surface area is 124 Å². The molecule has 5 heteroatoms. The van der Waals surface area contributed by atoms with Crippen molar-refractivity contribution in [3.63, 3.8) is 0 Å². The number of hydrogen-bond acceptors (Lipinski definition) is 2. The van der Waals surface area contributed by atoms with Crippen LogP contribution in [0.5, 0.6) is 0 Å². The van der Waals surface area contributed by atoms with Gasteiger partial charge in [0.1, 0.15) is 0 Å². The lowest BCUT2D eigenvalue weighted by atomic mass is 10.1. The van der Waals surface area contributed by atoms with Gasteiger partial charge >= 0.3 is 5.69 Å². The molecule has 1 aromatic carbocycles. The summed E-state index contributed by atoms with van der Waals surface area (Å²) in [5, 5.41) is 2.93. The first-order chi connectivity index (χ1) is 9.90. The molecule has 0 bridgehead atoms. The summed E-state index contributed by atoms with van der Waals surface area (Å²) in [6.45, 7) is 8.03. The average molecular weight is 287 g/mol. The summed E-state index contributed by atoms with van der Waals surface area (Å²) in [6, 6.07) is 5.89. The van der Waals surface area contributed by atoms with Gasteiger partial charge in [0.25, 0.3) is 0 Å². The van der Waals surface area contributed by atoms with Crippen LogP contribution in [0.2, 0.25) is 0 Å². The van der Waals surface area contributed by atoms with Crippen LogP contribution in [0, 0.1) is 27.7 Å². The summed E-state index contributed by atoms with van der Waals surface area (Å²) in [5.74, 6) is -0.0856. The summed E-state index contributed by atoms with van der Waals surface area (Å²) in [4.78, 5) is 26.5. The van der Waals surface area contributed by atoms with Gasteiger partial charge in [0.2, 0.25) is 5.91 Å². The number of benzene rings is 1. The summed E-state index contributed by atoms with van der Waals surface area (Å²) in [5.41, 5.74) is 4.49. The second-order valence-corrected chi connectivity index (χ2v) is 5.36. The molecule has 1 amide bonds. The zero-order chi connectivity index (χ0) is 15.6. The fraction of sp³-hybridized carbons (Fsp3) is 0.375. The molecule has 0 saturated heterocycles. The van der Waals surface area contributed by atoms with Gasteiger partial charge in [-0.05, 0) is 38.8 Å². The Balaban J connectivity index is 2.04. The number of nitrogens with one attached hydrogen (secondary N) is 2. The third kappa shape index (κ3) is 3.24. The molecule has 0 fully saturated rings. The van der Waals surface area contributed by atoms with Crippen LogP contribution in [0.15, 0.2) is 23.0 Å². The van der Waals surface area contributed by atoms with Crippen molar-refractivity contribution >= 4 is 11.6 Å². The summed E-state index contributed by atoms with van der Waals surface area (Å²) in [6.07, 6.45) is 0.270. The van der Waals surface area contributed by atoms with Crippen LogP contribution in [0.25, 0.3) is 0 Å². The number of H-pyrrole nitrogens is 1. The van der Waals surface area contributed by atoms with Crippen LogP contribution >= 0.6 is 0 Å². The fourth-order valence-corrected chi connectivity index (χ4v) is 2.37. The Morgan fingerprint density at radius 3 is 2.33 bits per heavy atom. The van der Waals surface area contributed by atoms with E-state index >= 15 is 0 Å². The van der Waals surface area contributed by atoms with E-state index in [1.165, 1.54) is 0 Å². The first kappa shape index (κ1) is 15.1. The number of aromatic amines is 1. The molecule has 2 aromatic rings. The molecule has 0 spiro atoms. The Kier molecular flexibility index (Phi) is 4.31. The molecule has 1 heterocycles. The number of nitrogens with zero attached hydrogens (tertiary/aromatic N) is 1. The normalized spacial score (nSPS) is 10.7. The molecule has 5 nitrogen and oxygen atoms in total. The van der Waals surface area contributed by atoms with Gasteiger partial charge in [-0.2, -0.15) is 0 Å². The van der Waals surface area contributed by atoms with E-state index in [-0.39, 0.29) is 18.0 Å². The van der Waals surface area contributed by atoms with Gasteiger partial charge < -0.3 is 10.3 Å². The lowest BCUT2D eigenvalue weighted by molar-refractivity contribution is -0.116. The largest absolute Gasteiger partial charge is 0.326 e. The van der Waals surface area contributed by atoms with Crippen molar-refractivity contribution in [1.29, 1.82) is 0 Å². The topological polar surface area (TPSA) is 66.9 Å². The highest BCUT2D eigenvalue weighted by molar-refractivity contribution is 5.92. The predicted molar refractivity (Wildman–Crippen MR) is 83.7 cm³/mol. The van der Waals surface area contributed by atoms with Gasteiger partial charge in [-0.25, -0.2) is 4.79 Å². The number of para-hydroxylation sites is 1. The van der Waals surface area contributed by atoms with Crippen LogP contribution in [0.3, 0.4) is 0 Å². The molecule has 2 rings (SSSR count). The fourth-order valence-electron chi connectivity index (χ4n) is 2.37. The number of carbonyl (C=O) groups excluding carboxylic acids is 1. The summed E-state index contributed by atoms with van der Waals surface area (Å²) >= 11 is 0. The number of aryl methyl sites for hydroxylation is 3. The van der Waals surface area contributed by atoms with E-state index in [0.29, 0.717) is 6.54 Å². The quantitative estimate of drug-likeness (QED) is 0.907. The van der Waals surface area contributed by atoms with Crippen molar-refractivity contribution < 1.29 is 4.79 Å². The predicted octanol–water partition coefficient (Wildman–Crippen LogP) is 2.44. The van der Waals surface area contributed by atoms with Gasteiger partial charge in [-0.15, -0.1) is 0 Å². The molecule has 112 valence electrons. The van der Waals surface area contributed by atoms with Crippen molar-refractivity contribution in [1.82, 2.24) is 9.55 Å². The lowest BCUT2D eigenvalue weighted by Crippen LogP contribution is -2.22. The highest BCUT2D eigenvalue weighted by Gasteiger charge is 2.10. The zero-order valence-corrected chi connectivity index (χ0v) is 12.9. The van der Waals surface area contributed by atoms with E-state index in [2.05, 4.69) is 10.3 Å². The molecule has 0 aliphatic heterocycles. The van der Waals surface area contributed by atoms with Gasteiger partial charge in [0.15, 0.2) is 0 Å². The molecule has 0 aliphatic rings. The van der Waals surface area contributed by atoms with Crippen LogP contribution in [-0.4, -0.2) is 15.5 Å². The Bertz CT molecular complexity index is 705. The monoisotopic (exact) mass is 287 g/mol. The average Bonchev–Trinajstić information content (AvgIpc) is 2.66. The van der Waals surface area contributed by atoms with Crippen molar-refractivity contribution in [2.75, 3.05) is 5.32 Å². The summed E-state index contributed by atoms with van der Waals surface area (Å²) in [7, 11) is 0. The van der Waals surface area contributed by atoms with Crippen LogP contribution in [0.4, 0.5) is 5.69 Å². The van der Waals surface area contributed by atoms with Gasteiger partial charge in [-0.3, -0.25) is 9.36 Å². The molecular weight excluding hydrogens is 266 g/mol. The van der Waals surface area contributed by atoms with Gasteiger partial charge in [-0.1, -0.05) is 18.2 Å². The van der Waals surface area contributed by atoms with E-state index in [9.17, 15) is 9.59 Å². The Morgan fingerprint density at radius 1 is 1.19 bits per heavy atom. The van der Waals surface area contributed by atoms with E-state index in [1.54, 1.807) is 4.57 Å². The maximum absolute atomic E-state index is 12.1.